The number of hydrogen-bond acceptors (Lipinski definition) is 4. The van der Waals surface area contributed by atoms with Crippen molar-refractivity contribution in [2.75, 3.05) is 12.0 Å². The first kappa shape index (κ1) is 18.3. The minimum atomic E-state index is -0.580. The number of amides is 1. The summed E-state index contributed by atoms with van der Waals surface area (Å²) in [6.45, 7) is 5.87. The predicted octanol–water partition coefficient (Wildman–Crippen LogP) is 4.79. The van der Waals surface area contributed by atoms with Crippen LogP contribution in [0.5, 0.6) is 5.75 Å². The molecule has 1 heterocycles. The van der Waals surface area contributed by atoms with E-state index in [1.807, 2.05) is 51.1 Å². The van der Waals surface area contributed by atoms with Crippen LogP contribution in [0.3, 0.4) is 0 Å². The van der Waals surface area contributed by atoms with Crippen molar-refractivity contribution in [2.45, 2.75) is 32.9 Å². The number of halogens is 1. The third-order valence-corrected chi connectivity index (χ3v) is 3.52. The number of nitrogens with zero attached hydrogens (tertiary/aromatic N) is 2. The summed E-state index contributed by atoms with van der Waals surface area (Å²) in [7, 11) is 1.61. The first-order valence-corrected chi connectivity index (χ1v) is 8.32. The first-order chi connectivity index (χ1) is 11.3. The Morgan fingerprint density at radius 2 is 2.00 bits per heavy atom. The zero-order valence-corrected chi connectivity index (χ0v) is 15.8. The van der Waals surface area contributed by atoms with E-state index in [1.54, 1.807) is 24.4 Å². The number of aromatic nitrogens is 1. The summed E-state index contributed by atoms with van der Waals surface area (Å²) >= 11 is 3.39. The number of benzene rings is 1. The molecule has 128 valence electrons. The van der Waals surface area contributed by atoms with Gasteiger partial charge in [-0.05, 0) is 60.5 Å². The molecule has 0 aliphatic rings. The van der Waals surface area contributed by atoms with Crippen molar-refractivity contribution in [1.82, 2.24) is 4.98 Å². The third-order valence-electron chi connectivity index (χ3n) is 3.09. The van der Waals surface area contributed by atoms with Gasteiger partial charge in [0.25, 0.3) is 0 Å². The fourth-order valence-corrected chi connectivity index (χ4v) is 2.43. The second kappa shape index (κ2) is 7.66. The van der Waals surface area contributed by atoms with Gasteiger partial charge in [-0.3, -0.25) is 9.88 Å². The van der Waals surface area contributed by atoms with Crippen LogP contribution < -0.4 is 9.64 Å². The molecule has 1 aromatic carbocycles. The number of anilines is 1. The minimum Gasteiger partial charge on any atom is -0.497 e. The van der Waals surface area contributed by atoms with E-state index in [-0.39, 0.29) is 0 Å². The molecule has 6 heteroatoms. The Balaban J connectivity index is 2.33. The van der Waals surface area contributed by atoms with Gasteiger partial charge >= 0.3 is 6.09 Å². The van der Waals surface area contributed by atoms with Crippen LogP contribution in [0.1, 0.15) is 26.3 Å². The maximum atomic E-state index is 12.7. The highest BCUT2D eigenvalue weighted by molar-refractivity contribution is 9.10. The summed E-state index contributed by atoms with van der Waals surface area (Å²) in [4.78, 5) is 18.4. The highest BCUT2D eigenvalue weighted by Gasteiger charge is 2.24. The number of rotatable bonds is 4. The molecule has 0 spiro atoms. The molecule has 0 atom stereocenters. The van der Waals surface area contributed by atoms with E-state index in [4.69, 9.17) is 9.47 Å². The summed E-state index contributed by atoms with van der Waals surface area (Å²) in [6.07, 6.45) is 2.88. The molecule has 5 nitrogen and oxygen atoms in total. The smallest absolute Gasteiger partial charge is 0.415 e. The van der Waals surface area contributed by atoms with Crippen molar-refractivity contribution in [2.24, 2.45) is 0 Å². The molecule has 2 aromatic rings. The molecule has 0 unspecified atom stereocenters. The summed E-state index contributed by atoms with van der Waals surface area (Å²) in [5.74, 6) is 0.740. The maximum absolute atomic E-state index is 12.7. The van der Waals surface area contributed by atoms with E-state index in [1.165, 1.54) is 0 Å². The Kier molecular flexibility index (Phi) is 5.83. The van der Waals surface area contributed by atoms with Gasteiger partial charge in [0.05, 0.1) is 25.5 Å². The van der Waals surface area contributed by atoms with E-state index in [0.29, 0.717) is 12.2 Å². The van der Waals surface area contributed by atoms with Crippen LogP contribution in [0.4, 0.5) is 10.5 Å². The van der Waals surface area contributed by atoms with Crippen molar-refractivity contribution in [3.63, 3.8) is 0 Å². The van der Waals surface area contributed by atoms with E-state index in [0.717, 1.165) is 15.8 Å². The van der Waals surface area contributed by atoms with E-state index in [9.17, 15) is 4.79 Å². The Labute approximate surface area is 150 Å². The molecular weight excluding hydrogens is 372 g/mol. The molecular formula is C18H21BrN2O3. The molecule has 0 N–H and O–H groups in total. The normalized spacial score (nSPS) is 11.0. The largest absolute Gasteiger partial charge is 0.497 e. The SMILES string of the molecule is COc1cccc(CN(C(=O)OC(C)(C)C)c2cncc(Br)c2)c1. The highest BCUT2D eigenvalue weighted by atomic mass is 79.9. The molecule has 1 amide bonds. The topological polar surface area (TPSA) is 51.7 Å². The van der Waals surface area contributed by atoms with Gasteiger partial charge in [-0.1, -0.05) is 12.1 Å². The lowest BCUT2D eigenvalue weighted by molar-refractivity contribution is 0.0577. The van der Waals surface area contributed by atoms with Gasteiger partial charge in [0.15, 0.2) is 0 Å². The fourth-order valence-electron chi connectivity index (χ4n) is 2.08. The van der Waals surface area contributed by atoms with E-state index in [2.05, 4.69) is 20.9 Å². The fraction of sp³-hybridized carbons (Fsp3) is 0.333. The molecule has 0 radical (unpaired) electrons. The standard InChI is InChI=1S/C18H21BrN2O3/c1-18(2,3)24-17(22)21(15-9-14(19)10-20-11-15)12-13-6-5-7-16(8-13)23-4/h5-11H,12H2,1-4H3. The number of ether oxygens (including phenoxy) is 2. The Morgan fingerprint density at radius 1 is 1.25 bits per heavy atom. The number of hydrogen-bond donors (Lipinski definition) is 0. The van der Waals surface area contributed by atoms with Crippen LogP contribution in [0.15, 0.2) is 47.2 Å². The summed E-state index contributed by atoms with van der Waals surface area (Å²) in [5, 5.41) is 0. The first-order valence-electron chi connectivity index (χ1n) is 7.52. The Bertz CT molecular complexity index is 713. The molecule has 2 rings (SSSR count). The van der Waals surface area contributed by atoms with Gasteiger partial charge in [-0.2, -0.15) is 0 Å². The van der Waals surface area contributed by atoms with Crippen molar-refractivity contribution in [3.8, 4) is 5.75 Å². The molecule has 0 saturated heterocycles. The van der Waals surface area contributed by atoms with Crippen LogP contribution in [0, 0.1) is 0 Å². The zero-order chi connectivity index (χ0) is 17.7. The van der Waals surface area contributed by atoms with Gasteiger partial charge < -0.3 is 9.47 Å². The average molecular weight is 393 g/mol. The van der Waals surface area contributed by atoms with E-state index < -0.39 is 11.7 Å². The monoisotopic (exact) mass is 392 g/mol. The molecule has 0 aliphatic carbocycles. The van der Waals surface area contributed by atoms with Crippen LogP contribution in [-0.2, 0) is 11.3 Å². The second-order valence-electron chi connectivity index (χ2n) is 6.28. The molecule has 0 fully saturated rings. The average Bonchev–Trinajstić information content (AvgIpc) is 2.51. The lowest BCUT2D eigenvalue weighted by Crippen LogP contribution is -2.36. The lowest BCUT2D eigenvalue weighted by Gasteiger charge is -2.27. The van der Waals surface area contributed by atoms with Gasteiger partial charge in [0, 0.05) is 10.7 Å². The molecule has 0 saturated carbocycles. The summed E-state index contributed by atoms with van der Waals surface area (Å²) in [5.41, 5.74) is 1.00. The van der Waals surface area contributed by atoms with Gasteiger partial charge in [0.1, 0.15) is 11.4 Å². The maximum Gasteiger partial charge on any atom is 0.415 e. The van der Waals surface area contributed by atoms with Crippen LogP contribution in [-0.4, -0.2) is 23.8 Å². The van der Waals surface area contributed by atoms with Crippen molar-refractivity contribution >= 4 is 27.7 Å². The number of carbonyl (C=O) groups is 1. The third kappa shape index (κ3) is 5.23. The van der Waals surface area contributed by atoms with Gasteiger partial charge in [-0.15, -0.1) is 0 Å². The number of pyridine rings is 1. The van der Waals surface area contributed by atoms with Gasteiger partial charge in [0.2, 0.25) is 0 Å². The summed E-state index contributed by atoms with van der Waals surface area (Å²) in [6, 6.07) is 9.41. The van der Waals surface area contributed by atoms with Crippen LogP contribution >= 0.6 is 15.9 Å². The Morgan fingerprint density at radius 3 is 2.62 bits per heavy atom. The minimum absolute atomic E-state index is 0.351. The second-order valence-corrected chi connectivity index (χ2v) is 7.20. The predicted molar refractivity (Wildman–Crippen MR) is 97.3 cm³/mol. The van der Waals surface area contributed by atoms with Gasteiger partial charge in [-0.25, -0.2) is 4.79 Å². The number of methoxy groups -OCH3 is 1. The van der Waals surface area contributed by atoms with Crippen molar-refractivity contribution < 1.29 is 14.3 Å². The molecule has 0 bridgehead atoms. The van der Waals surface area contributed by atoms with E-state index >= 15 is 0 Å². The quantitative estimate of drug-likeness (QED) is 0.749. The van der Waals surface area contributed by atoms with Crippen LogP contribution in [0.25, 0.3) is 0 Å². The summed E-state index contributed by atoms with van der Waals surface area (Å²) < 4.78 is 11.6. The number of carbonyl (C=O) groups excluding carboxylic acids is 1. The van der Waals surface area contributed by atoms with Crippen molar-refractivity contribution in [1.29, 1.82) is 0 Å². The molecule has 1 aromatic heterocycles. The molecule has 0 aliphatic heterocycles. The van der Waals surface area contributed by atoms with Crippen LogP contribution in [0.2, 0.25) is 0 Å². The van der Waals surface area contributed by atoms with Crippen molar-refractivity contribution in [3.05, 3.63) is 52.8 Å². The molecule has 24 heavy (non-hydrogen) atoms. The highest BCUT2D eigenvalue weighted by Crippen LogP contribution is 2.24. The Hall–Kier alpha value is -2.08. The lowest BCUT2D eigenvalue weighted by atomic mass is 10.2. The zero-order valence-electron chi connectivity index (χ0n) is 14.2.